The van der Waals surface area contributed by atoms with Crippen molar-refractivity contribution in [1.82, 2.24) is 5.32 Å². The quantitative estimate of drug-likeness (QED) is 0.822. The van der Waals surface area contributed by atoms with E-state index in [9.17, 15) is 0 Å². The van der Waals surface area contributed by atoms with Gasteiger partial charge in [0, 0.05) is 19.0 Å². The molecule has 0 radical (unpaired) electrons. The van der Waals surface area contributed by atoms with Gasteiger partial charge in [0.15, 0.2) is 11.5 Å². The lowest BCUT2D eigenvalue weighted by molar-refractivity contribution is 0.352. The van der Waals surface area contributed by atoms with E-state index in [1.807, 2.05) is 24.3 Å². The van der Waals surface area contributed by atoms with E-state index in [2.05, 4.69) is 28.2 Å². The van der Waals surface area contributed by atoms with E-state index in [4.69, 9.17) is 13.9 Å². The van der Waals surface area contributed by atoms with Gasteiger partial charge in [-0.05, 0) is 52.7 Å². The number of methoxy groups -OCH3 is 2. The highest BCUT2D eigenvalue weighted by molar-refractivity contribution is 9.10. The number of hydrogen-bond donors (Lipinski definition) is 1. The summed E-state index contributed by atoms with van der Waals surface area (Å²) in [4.78, 5) is 0. The molecule has 1 aromatic carbocycles. The zero-order chi connectivity index (χ0) is 15.2. The van der Waals surface area contributed by atoms with Gasteiger partial charge in [0.05, 0.1) is 25.0 Å². The Balaban J connectivity index is 1.98. The first kappa shape index (κ1) is 15.9. The number of furan rings is 1. The molecule has 5 heteroatoms. The Morgan fingerprint density at radius 3 is 2.71 bits per heavy atom. The standard InChI is InChI=1S/C16H20BrNO3/c1-11(7-13-5-4-6-21-13)18-10-12-8-14(17)16(20-3)15(9-12)19-2/h4-6,8-9,11,18H,7,10H2,1-3H3/t11-/m1/s1. The molecule has 4 nitrogen and oxygen atoms in total. The molecule has 0 bridgehead atoms. The Morgan fingerprint density at radius 1 is 1.29 bits per heavy atom. The van der Waals surface area contributed by atoms with E-state index in [1.54, 1.807) is 20.5 Å². The van der Waals surface area contributed by atoms with Gasteiger partial charge in [-0.25, -0.2) is 0 Å². The fraction of sp³-hybridized carbons (Fsp3) is 0.375. The van der Waals surface area contributed by atoms with Gasteiger partial charge in [-0.1, -0.05) is 0 Å². The van der Waals surface area contributed by atoms with E-state index in [0.717, 1.165) is 34.5 Å². The fourth-order valence-corrected chi connectivity index (χ4v) is 2.82. The molecule has 0 aliphatic carbocycles. The second-order valence-corrected chi connectivity index (χ2v) is 5.73. The molecule has 0 unspecified atom stereocenters. The van der Waals surface area contributed by atoms with Crippen molar-refractivity contribution in [3.8, 4) is 11.5 Å². The number of rotatable bonds is 7. The lowest BCUT2D eigenvalue weighted by atomic mass is 10.1. The van der Waals surface area contributed by atoms with Crippen molar-refractivity contribution in [2.24, 2.45) is 0 Å². The van der Waals surface area contributed by atoms with Crippen LogP contribution in [0.4, 0.5) is 0 Å². The van der Waals surface area contributed by atoms with Gasteiger partial charge in [-0.3, -0.25) is 0 Å². The first-order valence-corrected chi connectivity index (χ1v) is 7.59. The molecule has 0 spiro atoms. The molecular weight excluding hydrogens is 334 g/mol. The summed E-state index contributed by atoms with van der Waals surface area (Å²) < 4.78 is 16.9. The molecule has 0 saturated heterocycles. The largest absolute Gasteiger partial charge is 0.493 e. The highest BCUT2D eigenvalue weighted by Crippen LogP contribution is 2.36. The van der Waals surface area contributed by atoms with E-state index in [-0.39, 0.29) is 0 Å². The molecule has 0 aliphatic heterocycles. The van der Waals surface area contributed by atoms with Gasteiger partial charge < -0.3 is 19.2 Å². The van der Waals surface area contributed by atoms with Gasteiger partial charge in [0.1, 0.15) is 5.76 Å². The molecule has 1 atom stereocenters. The molecule has 0 aliphatic rings. The summed E-state index contributed by atoms with van der Waals surface area (Å²) >= 11 is 3.51. The first-order valence-electron chi connectivity index (χ1n) is 6.80. The van der Waals surface area contributed by atoms with Crippen molar-refractivity contribution >= 4 is 15.9 Å². The van der Waals surface area contributed by atoms with Gasteiger partial charge >= 0.3 is 0 Å². The Morgan fingerprint density at radius 2 is 2.10 bits per heavy atom. The third kappa shape index (κ3) is 4.25. The summed E-state index contributed by atoms with van der Waals surface area (Å²) in [5.74, 6) is 2.43. The van der Waals surface area contributed by atoms with Crippen molar-refractivity contribution in [2.45, 2.75) is 25.9 Å². The monoisotopic (exact) mass is 353 g/mol. The lowest BCUT2D eigenvalue weighted by Gasteiger charge is -2.15. The Bertz CT molecular complexity index is 569. The first-order chi connectivity index (χ1) is 10.1. The predicted octanol–water partition coefficient (Wildman–Crippen LogP) is 3.78. The number of benzene rings is 1. The Hall–Kier alpha value is -1.46. The van der Waals surface area contributed by atoms with E-state index in [0.29, 0.717) is 11.8 Å². The van der Waals surface area contributed by atoms with Crippen LogP contribution in [0.1, 0.15) is 18.2 Å². The number of ether oxygens (including phenoxy) is 2. The van der Waals surface area contributed by atoms with Crippen LogP contribution in [0.2, 0.25) is 0 Å². The molecule has 1 N–H and O–H groups in total. The summed E-state index contributed by atoms with van der Waals surface area (Å²) in [5.41, 5.74) is 1.13. The number of halogens is 1. The number of nitrogens with one attached hydrogen (secondary N) is 1. The molecular formula is C16H20BrNO3. The van der Waals surface area contributed by atoms with Crippen molar-refractivity contribution in [2.75, 3.05) is 14.2 Å². The highest BCUT2D eigenvalue weighted by Gasteiger charge is 2.11. The van der Waals surface area contributed by atoms with Crippen LogP contribution in [0.5, 0.6) is 11.5 Å². The zero-order valence-electron chi connectivity index (χ0n) is 12.5. The molecule has 1 heterocycles. The van der Waals surface area contributed by atoms with Crippen molar-refractivity contribution in [1.29, 1.82) is 0 Å². The summed E-state index contributed by atoms with van der Waals surface area (Å²) in [6, 6.07) is 8.24. The SMILES string of the molecule is COc1cc(CN[C@H](C)Cc2ccco2)cc(Br)c1OC. The smallest absolute Gasteiger partial charge is 0.174 e. The van der Waals surface area contributed by atoms with Crippen LogP contribution < -0.4 is 14.8 Å². The van der Waals surface area contributed by atoms with Crippen LogP contribution in [0, 0.1) is 0 Å². The second kappa shape index (κ2) is 7.52. The Kier molecular flexibility index (Phi) is 5.70. The minimum atomic E-state index is 0.322. The molecule has 0 saturated carbocycles. The maximum atomic E-state index is 5.36. The predicted molar refractivity (Wildman–Crippen MR) is 86.0 cm³/mol. The minimum absolute atomic E-state index is 0.322. The average molecular weight is 354 g/mol. The van der Waals surface area contributed by atoms with Gasteiger partial charge in [-0.15, -0.1) is 0 Å². The van der Waals surface area contributed by atoms with Crippen molar-refractivity contribution in [3.05, 3.63) is 46.3 Å². The van der Waals surface area contributed by atoms with E-state index >= 15 is 0 Å². The molecule has 1 aromatic heterocycles. The third-order valence-corrected chi connectivity index (χ3v) is 3.82. The van der Waals surface area contributed by atoms with Crippen LogP contribution in [0.25, 0.3) is 0 Å². The van der Waals surface area contributed by atoms with Gasteiger partial charge in [0.25, 0.3) is 0 Å². The maximum Gasteiger partial charge on any atom is 0.174 e. The van der Waals surface area contributed by atoms with E-state index in [1.165, 1.54) is 0 Å². The zero-order valence-corrected chi connectivity index (χ0v) is 14.1. The normalized spacial score (nSPS) is 12.2. The third-order valence-electron chi connectivity index (χ3n) is 3.24. The van der Waals surface area contributed by atoms with Crippen LogP contribution in [0.3, 0.4) is 0 Å². The van der Waals surface area contributed by atoms with E-state index < -0.39 is 0 Å². The summed E-state index contributed by atoms with van der Waals surface area (Å²) in [6.07, 6.45) is 2.56. The minimum Gasteiger partial charge on any atom is -0.493 e. The fourth-order valence-electron chi connectivity index (χ4n) is 2.17. The van der Waals surface area contributed by atoms with Crippen LogP contribution in [-0.2, 0) is 13.0 Å². The van der Waals surface area contributed by atoms with Crippen molar-refractivity contribution in [3.63, 3.8) is 0 Å². The van der Waals surface area contributed by atoms with Gasteiger partial charge in [0.2, 0.25) is 0 Å². The molecule has 0 amide bonds. The maximum absolute atomic E-state index is 5.36. The second-order valence-electron chi connectivity index (χ2n) is 4.88. The topological polar surface area (TPSA) is 43.6 Å². The Labute approximate surface area is 133 Å². The molecule has 0 fully saturated rings. The van der Waals surface area contributed by atoms with Crippen LogP contribution in [-0.4, -0.2) is 20.3 Å². The molecule has 2 aromatic rings. The van der Waals surface area contributed by atoms with Crippen LogP contribution >= 0.6 is 15.9 Å². The lowest BCUT2D eigenvalue weighted by Crippen LogP contribution is -2.27. The van der Waals surface area contributed by atoms with Gasteiger partial charge in [-0.2, -0.15) is 0 Å². The van der Waals surface area contributed by atoms with Crippen LogP contribution in [0.15, 0.2) is 39.4 Å². The summed E-state index contributed by atoms with van der Waals surface area (Å²) in [7, 11) is 3.27. The van der Waals surface area contributed by atoms with Crippen molar-refractivity contribution < 1.29 is 13.9 Å². The highest BCUT2D eigenvalue weighted by atomic mass is 79.9. The summed E-state index contributed by atoms with van der Waals surface area (Å²) in [5, 5.41) is 3.48. The molecule has 114 valence electrons. The molecule has 2 rings (SSSR count). The molecule has 21 heavy (non-hydrogen) atoms. The average Bonchev–Trinajstić information content (AvgIpc) is 2.97. The number of hydrogen-bond acceptors (Lipinski definition) is 4. The summed E-state index contributed by atoms with van der Waals surface area (Å²) in [6.45, 7) is 2.89.